The van der Waals surface area contributed by atoms with Crippen molar-refractivity contribution < 1.29 is 62.6 Å². The zero-order valence-corrected chi connectivity index (χ0v) is 38.0. The molecule has 4 aliphatic heterocycles. The number of hydrogen-bond acceptors (Lipinski definition) is 16. The summed E-state index contributed by atoms with van der Waals surface area (Å²) >= 11 is 6.85. The summed E-state index contributed by atoms with van der Waals surface area (Å²) in [4.78, 5) is 77.8. The van der Waals surface area contributed by atoms with Crippen LogP contribution in [0.4, 0.5) is 10.2 Å². The number of fused-ring (bicyclic) bond motifs is 3. The SMILES string of the molecule is O=C1CCC(N2C(=O)c3ccc(OCCOCCOC4CCN(CCOc5nc(N6CCN(C(=O)C(O)O)CC6)c6cc(Cl)c(-c7cc(O)cc8ccccc78)c(F)c6n5)CC4)cc3C2=O)C(=O)N1. The number of ether oxygens (including phenoxy) is 4. The highest BCUT2D eigenvalue weighted by Gasteiger charge is 2.45. The number of rotatable bonds is 16. The number of benzene rings is 4. The fourth-order valence-corrected chi connectivity index (χ4v) is 9.51. The van der Waals surface area contributed by atoms with Crippen LogP contribution in [0.5, 0.6) is 17.5 Å². The highest BCUT2D eigenvalue weighted by molar-refractivity contribution is 6.35. The van der Waals surface area contributed by atoms with Crippen molar-refractivity contribution in [3.05, 3.63) is 82.6 Å². The number of anilines is 1. The molecular weight excluding hydrogens is 921 g/mol. The zero-order valence-electron chi connectivity index (χ0n) is 37.3. The van der Waals surface area contributed by atoms with Crippen LogP contribution in [0.3, 0.4) is 0 Å². The maximum Gasteiger partial charge on any atom is 0.319 e. The molecule has 4 N–H and O–H groups in total. The van der Waals surface area contributed by atoms with E-state index in [9.17, 15) is 39.3 Å². The summed E-state index contributed by atoms with van der Waals surface area (Å²) in [5.41, 5.74) is 0.696. The third kappa shape index (κ3) is 10.1. The van der Waals surface area contributed by atoms with Gasteiger partial charge < -0.3 is 44.1 Å². The molecule has 5 aromatic rings. The fraction of sp³-hybridized carbons (Fsp3) is 0.396. The number of piperazine rings is 1. The van der Waals surface area contributed by atoms with Crippen molar-refractivity contribution in [2.24, 2.45) is 0 Å². The molecule has 0 bridgehead atoms. The summed E-state index contributed by atoms with van der Waals surface area (Å²) in [6.07, 6.45) is -0.431. The van der Waals surface area contributed by atoms with Crippen molar-refractivity contribution >= 4 is 68.6 Å². The van der Waals surface area contributed by atoms with Gasteiger partial charge in [0.1, 0.15) is 42.1 Å². The van der Waals surface area contributed by atoms with Crippen molar-refractivity contribution in [2.75, 3.05) is 83.7 Å². The molecule has 9 rings (SSSR count). The summed E-state index contributed by atoms with van der Waals surface area (Å²) in [5.74, 6) is -3.20. The highest BCUT2D eigenvalue weighted by Crippen LogP contribution is 2.42. The first kappa shape index (κ1) is 47.5. The van der Waals surface area contributed by atoms with E-state index in [0.717, 1.165) is 30.8 Å². The molecule has 19 nitrogen and oxygen atoms in total. The number of aromatic hydroxyl groups is 1. The van der Waals surface area contributed by atoms with Crippen LogP contribution in [-0.4, -0.2) is 167 Å². The molecule has 5 heterocycles. The Morgan fingerprint density at radius 3 is 2.33 bits per heavy atom. The van der Waals surface area contributed by atoms with Gasteiger partial charge in [0.2, 0.25) is 18.1 Å². The monoisotopic (exact) mass is 969 g/mol. The summed E-state index contributed by atoms with van der Waals surface area (Å²) < 4.78 is 40.6. The van der Waals surface area contributed by atoms with Crippen molar-refractivity contribution in [3.63, 3.8) is 0 Å². The molecule has 0 aliphatic carbocycles. The molecule has 1 unspecified atom stereocenters. The van der Waals surface area contributed by atoms with Crippen LogP contribution in [0.15, 0.2) is 60.7 Å². The van der Waals surface area contributed by atoms with E-state index in [0.29, 0.717) is 53.0 Å². The molecule has 0 radical (unpaired) electrons. The van der Waals surface area contributed by atoms with Crippen molar-refractivity contribution in [2.45, 2.75) is 44.1 Å². The largest absolute Gasteiger partial charge is 0.508 e. The topological polar surface area (TPSA) is 234 Å². The van der Waals surface area contributed by atoms with Gasteiger partial charge in [-0.25, -0.2) is 4.39 Å². The Kier molecular flexibility index (Phi) is 14.2. The van der Waals surface area contributed by atoms with Crippen LogP contribution in [0.1, 0.15) is 46.4 Å². The predicted molar refractivity (Wildman–Crippen MR) is 246 cm³/mol. The van der Waals surface area contributed by atoms with Crippen LogP contribution in [0.2, 0.25) is 5.02 Å². The Balaban J connectivity index is 0.758. The molecule has 3 fully saturated rings. The Morgan fingerprint density at radius 1 is 0.812 bits per heavy atom. The second-order valence-corrected chi connectivity index (χ2v) is 17.5. The normalized spacial score (nSPS) is 18.2. The maximum atomic E-state index is 17.0. The quantitative estimate of drug-likeness (QED) is 0.0631. The molecule has 1 aromatic heterocycles. The number of aliphatic hydroxyl groups is 2. The van der Waals surface area contributed by atoms with Gasteiger partial charge in [-0.15, -0.1) is 0 Å². The number of carbonyl (C=O) groups excluding carboxylic acids is 5. The predicted octanol–water partition coefficient (Wildman–Crippen LogP) is 3.26. The number of hydrogen-bond donors (Lipinski definition) is 4. The van der Waals surface area contributed by atoms with E-state index in [1.54, 1.807) is 18.2 Å². The number of nitrogens with one attached hydrogen (secondary N) is 1. The molecule has 5 amide bonds. The smallest absolute Gasteiger partial charge is 0.319 e. The van der Waals surface area contributed by atoms with Crippen molar-refractivity contribution in [3.8, 4) is 28.6 Å². The number of phenols is 1. The molecule has 0 saturated carbocycles. The van der Waals surface area contributed by atoms with E-state index in [2.05, 4.69) is 15.2 Å². The molecule has 21 heteroatoms. The summed E-state index contributed by atoms with van der Waals surface area (Å²) in [5, 5.41) is 33.4. The number of halogens is 2. The molecule has 1 atom stereocenters. The van der Waals surface area contributed by atoms with E-state index in [-0.39, 0.29) is 104 Å². The van der Waals surface area contributed by atoms with E-state index in [1.165, 1.54) is 23.1 Å². The minimum Gasteiger partial charge on any atom is -0.508 e. The summed E-state index contributed by atoms with van der Waals surface area (Å²) in [6, 6.07) is 15.3. The van der Waals surface area contributed by atoms with Crippen molar-refractivity contribution in [1.29, 1.82) is 0 Å². The van der Waals surface area contributed by atoms with E-state index < -0.39 is 47.7 Å². The van der Waals surface area contributed by atoms with Crippen LogP contribution in [0, 0.1) is 5.82 Å². The molecule has 4 aromatic carbocycles. The molecular formula is C48H49ClFN7O12. The number of piperidine rings is 2. The minimum absolute atomic E-state index is 0.0313. The highest BCUT2D eigenvalue weighted by atomic mass is 35.5. The average Bonchev–Trinajstić information content (AvgIpc) is 3.58. The number of likely N-dealkylation sites (tertiary alicyclic amines) is 1. The Hall–Kier alpha value is -6.55. The number of nitrogens with zero attached hydrogens (tertiary/aromatic N) is 6. The average molecular weight is 970 g/mol. The number of aliphatic hydroxyl groups excluding tert-OH is 1. The first-order chi connectivity index (χ1) is 33.3. The van der Waals surface area contributed by atoms with E-state index >= 15 is 4.39 Å². The lowest BCUT2D eigenvalue weighted by atomic mass is 9.96. The van der Waals surface area contributed by atoms with Gasteiger partial charge in [-0.3, -0.25) is 39.1 Å². The van der Waals surface area contributed by atoms with Crippen LogP contribution >= 0.6 is 11.6 Å². The van der Waals surface area contributed by atoms with Crippen molar-refractivity contribution in [1.82, 2.24) is 30.0 Å². The Morgan fingerprint density at radius 2 is 1.57 bits per heavy atom. The lowest BCUT2D eigenvalue weighted by molar-refractivity contribution is -0.159. The van der Waals surface area contributed by atoms with Gasteiger partial charge in [0.15, 0.2) is 5.82 Å². The molecule has 3 saturated heterocycles. The first-order valence-corrected chi connectivity index (χ1v) is 23.1. The van der Waals surface area contributed by atoms with Gasteiger partial charge in [0, 0.05) is 63.2 Å². The second kappa shape index (κ2) is 20.6. The van der Waals surface area contributed by atoms with Gasteiger partial charge in [-0.2, -0.15) is 9.97 Å². The fourth-order valence-electron chi connectivity index (χ4n) is 9.22. The van der Waals surface area contributed by atoms with E-state index in [1.807, 2.05) is 29.2 Å². The summed E-state index contributed by atoms with van der Waals surface area (Å²) in [7, 11) is 0. The van der Waals surface area contributed by atoms with Gasteiger partial charge in [0.05, 0.1) is 42.1 Å². The molecule has 362 valence electrons. The number of phenolic OH excluding ortho intramolecular Hbond substituents is 1. The second-order valence-electron chi connectivity index (χ2n) is 17.0. The number of carbonyl (C=O) groups is 5. The van der Waals surface area contributed by atoms with Gasteiger partial charge in [-0.05, 0) is 72.0 Å². The van der Waals surface area contributed by atoms with Crippen LogP contribution in [-0.2, 0) is 23.9 Å². The van der Waals surface area contributed by atoms with Crippen LogP contribution < -0.4 is 19.7 Å². The minimum atomic E-state index is -2.13. The third-order valence-electron chi connectivity index (χ3n) is 12.7. The number of imide groups is 2. The molecule has 0 spiro atoms. The summed E-state index contributed by atoms with van der Waals surface area (Å²) in [6.45, 7) is 4.19. The lowest BCUT2D eigenvalue weighted by Gasteiger charge is -2.36. The zero-order chi connectivity index (χ0) is 48.3. The molecule has 69 heavy (non-hydrogen) atoms. The lowest BCUT2D eigenvalue weighted by Crippen LogP contribution is -2.54. The van der Waals surface area contributed by atoms with Gasteiger partial charge in [-0.1, -0.05) is 35.9 Å². The van der Waals surface area contributed by atoms with E-state index in [4.69, 9.17) is 35.5 Å². The Bertz CT molecular complexity index is 2820. The number of aromatic nitrogens is 2. The Labute approximate surface area is 399 Å². The van der Waals surface area contributed by atoms with Crippen LogP contribution in [0.25, 0.3) is 32.8 Å². The first-order valence-electron chi connectivity index (χ1n) is 22.7. The van der Waals surface area contributed by atoms with Gasteiger partial charge in [0.25, 0.3) is 17.7 Å². The maximum absolute atomic E-state index is 17.0. The molecule has 4 aliphatic rings. The van der Waals surface area contributed by atoms with Gasteiger partial charge >= 0.3 is 6.01 Å². The third-order valence-corrected chi connectivity index (χ3v) is 13.0. The standard InChI is InChI=1S/C48H49ClFN7O12/c49-36-26-35-41(40(50)39(36)33-24-28(58)23-27-3-1-2-4-31(27)33)52-48(53-42(35)55-13-15-56(16-14-55)46(63)47(64)65)69-18-17-54-11-9-29(10-12-54)67-21-19-66-20-22-68-30-5-6-32-34(25-30)45(62)57(44(32)61)37-7-8-38(59)51-43(37)60/h1-6,23-26,29,37,47,58,64-65H,7-22H2,(H,51,59,60). The number of amides is 5.